The van der Waals surface area contributed by atoms with Crippen LogP contribution in [0.15, 0.2) is 65.8 Å². The van der Waals surface area contributed by atoms with Gasteiger partial charge in [-0.15, -0.1) is 0 Å². The molecule has 42 heavy (non-hydrogen) atoms. The number of amides is 1. The van der Waals surface area contributed by atoms with Crippen LogP contribution in [-0.2, 0) is 11.2 Å². The number of carbonyl (C=O) groups is 1. The van der Waals surface area contributed by atoms with Gasteiger partial charge in [-0.05, 0) is 111 Å². The van der Waals surface area contributed by atoms with Crippen LogP contribution < -0.4 is 0 Å². The highest BCUT2D eigenvalue weighted by atomic mass is 16.3. The number of aliphatic hydroxyl groups excluding tert-OH is 2. The van der Waals surface area contributed by atoms with E-state index in [0.717, 1.165) is 49.8 Å². The molecular weight excluding hydrogens is 522 g/mol. The van der Waals surface area contributed by atoms with E-state index in [9.17, 15) is 20.1 Å². The van der Waals surface area contributed by atoms with E-state index < -0.39 is 17.8 Å². The fourth-order valence-corrected chi connectivity index (χ4v) is 9.15. The van der Waals surface area contributed by atoms with Gasteiger partial charge in [-0.2, -0.15) is 0 Å². The van der Waals surface area contributed by atoms with E-state index in [-0.39, 0.29) is 17.4 Å². The first-order valence-corrected chi connectivity index (χ1v) is 16.5. The minimum absolute atomic E-state index is 0.0922. The number of aryl methyl sites for hydroxylation is 1. The number of hydrogen-bond acceptors (Lipinski definition) is 4. The second-order valence-electron chi connectivity index (χ2n) is 14.5. The van der Waals surface area contributed by atoms with Gasteiger partial charge in [0.1, 0.15) is 5.60 Å². The van der Waals surface area contributed by atoms with Gasteiger partial charge < -0.3 is 20.2 Å². The molecule has 1 aromatic carbocycles. The van der Waals surface area contributed by atoms with Crippen LogP contribution in [0.2, 0.25) is 0 Å². The average molecular weight is 576 g/mol. The normalized spacial score (nSPS) is 38.0. The summed E-state index contributed by atoms with van der Waals surface area (Å²) in [6, 6.07) is 10.6. The van der Waals surface area contributed by atoms with E-state index in [1.807, 2.05) is 11.0 Å². The van der Waals surface area contributed by atoms with Gasteiger partial charge in [0.05, 0.1) is 12.2 Å². The van der Waals surface area contributed by atoms with E-state index in [1.165, 1.54) is 36.8 Å². The van der Waals surface area contributed by atoms with Crippen molar-refractivity contribution >= 4 is 5.91 Å². The molecule has 3 N–H and O–H groups in total. The number of benzene rings is 1. The molecule has 1 heterocycles. The first-order chi connectivity index (χ1) is 20.0. The molecule has 1 saturated heterocycles. The maximum atomic E-state index is 13.2. The van der Waals surface area contributed by atoms with Crippen molar-refractivity contribution in [2.24, 2.45) is 23.2 Å². The molecule has 0 aromatic heterocycles. The minimum Gasteiger partial charge on any atom is -0.393 e. The second kappa shape index (κ2) is 12.8. The predicted molar refractivity (Wildman–Crippen MR) is 169 cm³/mol. The zero-order valence-electron chi connectivity index (χ0n) is 26.1. The number of hydrogen-bond donors (Lipinski definition) is 3. The van der Waals surface area contributed by atoms with Crippen LogP contribution in [0.1, 0.15) is 97.0 Å². The molecule has 0 spiro atoms. The van der Waals surface area contributed by atoms with Gasteiger partial charge in [-0.1, -0.05) is 68.5 Å². The Morgan fingerprint density at radius 1 is 1.12 bits per heavy atom. The lowest BCUT2D eigenvalue weighted by molar-refractivity contribution is -0.142. The van der Waals surface area contributed by atoms with Gasteiger partial charge in [0.2, 0.25) is 0 Å². The Bertz CT molecular complexity index is 1190. The standard InChI is InChI=1S/C37H53NO4/c1-25(21-30-24-37(4,42)35(41)38(30)20-9-8-13-27-11-6-5-7-12-27)32-17-18-33-28(14-10-19-36(32,33)3)15-16-29-22-31(39)23-34(40)26(29)2/h5-7,11-12,15-16,25,30-34,39-40,42H,2,8-10,13-14,17-24H2,1,3-4H3/t25-,30?,31-,32-,33+,34+,36-,37?/m1/s1. The molecule has 5 heteroatoms. The quantitative estimate of drug-likeness (QED) is 0.293. The molecule has 2 unspecified atom stereocenters. The summed E-state index contributed by atoms with van der Waals surface area (Å²) in [5, 5.41) is 31.4. The summed E-state index contributed by atoms with van der Waals surface area (Å²) < 4.78 is 0. The Kier molecular flexibility index (Phi) is 9.51. The number of nitrogens with zero attached hydrogens (tertiary/aromatic N) is 1. The van der Waals surface area contributed by atoms with Crippen molar-refractivity contribution in [3.8, 4) is 0 Å². The molecule has 230 valence electrons. The minimum atomic E-state index is -1.26. The highest BCUT2D eigenvalue weighted by molar-refractivity contribution is 5.87. The molecule has 3 saturated carbocycles. The topological polar surface area (TPSA) is 81.0 Å². The summed E-state index contributed by atoms with van der Waals surface area (Å²) in [4.78, 5) is 15.2. The van der Waals surface area contributed by atoms with Crippen molar-refractivity contribution in [3.63, 3.8) is 0 Å². The molecule has 1 aromatic rings. The van der Waals surface area contributed by atoms with Crippen LogP contribution in [0.25, 0.3) is 0 Å². The van der Waals surface area contributed by atoms with Crippen molar-refractivity contribution in [2.45, 2.75) is 122 Å². The molecule has 5 rings (SSSR count). The molecule has 3 aliphatic carbocycles. The number of fused-ring (bicyclic) bond motifs is 1. The lowest BCUT2D eigenvalue weighted by Crippen LogP contribution is -2.41. The van der Waals surface area contributed by atoms with Crippen LogP contribution in [0.5, 0.6) is 0 Å². The molecule has 0 radical (unpaired) electrons. The molecule has 8 atom stereocenters. The van der Waals surface area contributed by atoms with Crippen molar-refractivity contribution in [1.29, 1.82) is 0 Å². The van der Waals surface area contributed by atoms with Crippen LogP contribution in [-0.4, -0.2) is 56.5 Å². The van der Waals surface area contributed by atoms with E-state index in [0.29, 0.717) is 37.0 Å². The number of aliphatic hydroxyl groups is 3. The number of unbranched alkanes of at least 4 members (excludes halogenated alkanes) is 1. The summed E-state index contributed by atoms with van der Waals surface area (Å²) >= 11 is 0. The summed E-state index contributed by atoms with van der Waals surface area (Å²) in [5.74, 6) is 1.52. The Morgan fingerprint density at radius 2 is 1.88 bits per heavy atom. The Morgan fingerprint density at radius 3 is 2.64 bits per heavy atom. The van der Waals surface area contributed by atoms with Gasteiger partial charge in [0, 0.05) is 25.4 Å². The Labute approximate surface area is 253 Å². The monoisotopic (exact) mass is 575 g/mol. The first-order valence-electron chi connectivity index (χ1n) is 16.5. The molecule has 4 fully saturated rings. The summed E-state index contributed by atoms with van der Waals surface area (Å²) in [7, 11) is 0. The fourth-order valence-electron chi connectivity index (χ4n) is 9.15. The largest absolute Gasteiger partial charge is 0.393 e. The van der Waals surface area contributed by atoms with Crippen LogP contribution >= 0.6 is 0 Å². The molecule has 5 nitrogen and oxygen atoms in total. The number of carbonyl (C=O) groups excluding carboxylic acids is 1. The number of likely N-dealkylation sites (tertiary alicyclic amines) is 1. The van der Waals surface area contributed by atoms with Gasteiger partial charge in [0.25, 0.3) is 5.91 Å². The SMILES string of the molecule is C=C1C(=CC=C2CCC[C@]3(C)[C@@H]([C@H](C)CC4CC(C)(O)C(=O)N4CCCCc4ccccc4)CC[C@@H]23)C[C@@H](O)C[C@@H]1O. The molecular formula is C37H53NO4. The van der Waals surface area contributed by atoms with E-state index >= 15 is 0 Å². The Balaban J connectivity index is 1.23. The van der Waals surface area contributed by atoms with E-state index in [1.54, 1.807) is 6.92 Å². The average Bonchev–Trinajstić information content (AvgIpc) is 3.41. The van der Waals surface area contributed by atoms with Crippen molar-refractivity contribution in [2.75, 3.05) is 6.54 Å². The van der Waals surface area contributed by atoms with Crippen LogP contribution in [0.4, 0.5) is 0 Å². The highest BCUT2D eigenvalue weighted by Crippen LogP contribution is 2.60. The Hall–Kier alpha value is -2.21. The zero-order valence-corrected chi connectivity index (χ0v) is 26.1. The van der Waals surface area contributed by atoms with E-state index in [2.05, 4.69) is 56.8 Å². The lowest BCUT2D eigenvalue weighted by atomic mass is 9.60. The molecule has 1 amide bonds. The van der Waals surface area contributed by atoms with Gasteiger partial charge in [-0.25, -0.2) is 0 Å². The number of allylic oxidation sites excluding steroid dienone is 3. The molecule has 1 aliphatic heterocycles. The third-order valence-electron chi connectivity index (χ3n) is 11.4. The first kappa shape index (κ1) is 31.2. The van der Waals surface area contributed by atoms with Gasteiger partial charge in [0.15, 0.2) is 0 Å². The van der Waals surface area contributed by atoms with E-state index in [4.69, 9.17) is 0 Å². The van der Waals surface area contributed by atoms with Crippen LogP contribution in [0.3, 0.4) is 0 Å². The molecule has 0 bridgehead atoms. The van der Waals surface area contributed by atoms with Gasteiger partial charge >= 0.3 is 0 Å². The summed E-state index contributed by atoms with van der Waals surface area (Å²) in [6.45, 7) is 11.4. The van der Waals surface area contributed by atoms with Gasteiger partial charge in [-0.3, -0.25) is 4.79 Å². The van der Waals surface area contributed by atoms with Crippen LogP contribution in [0, 0.1) is 23.2 Å². The number of rotatable bonds is 9. The third kappa shape index (κ3) is 6.49. The van der Waals surface area contributed by atoms with Crippen molar-refractivity contribution in [3.05, 3.63) is 71.3 Å². The highest BCUT2D eigenvalue weighted by Gasteiger charge is 2.53. The van der Waals surface area contributed by atoms with Crippen molar-refractivity contribution in [1.82, 2.24) is 4.90 Å². The maximum Gasteiger partial charge on any atom is 0.254 e. The predicted octanol–water partition coefficient (Wildman–Crippen LogP) is 6.53. The summed E-state index contributed by atoms with van der Waals surface area (Å²) in [6.07, 6.45) is 14.6. The fraction of sp³-hybridized carbons (Fsp3) is 0.649. The smallest absolute Gasteiger partial charge is 0.254 e. The lowest BCUT2D eigenvalue weighted by Gasteiger charge is -2.45. The maximum absolute atomic E-state index is 13.2. The van der Waals surface area contributed by atoms with Crippen molar-refractivity contribution < 1.29 is 20.1 Å². The summed E-state index contributed by atoms with van der Waals surface area (Å²) in [5.41, 5.74) is 3.54. The molecule has 4 aliphatic rings. The second-order valence-corrected chi connectivity index (χ2v) is 14.5. The third-order valence-corrected chi connectivity index (χ3v) is 11.4. The zero-order chi connectivity index (χ0) is 30.1.